The Balaban J connectivity index is 1.53. The van der Waals surface area contributed by atoms with Gasteiger partial charge in [-0.15, -0.1) is 0 Å². The van der Waals surface area contributed by atoms with Crippen LogP contribution in [0.4, 0.5) is 5.69 Å². The Hall–Kier alpha value is -2.82. The molecule has 3 rings (SSSR count). The molecule has 2 aromatic carbocycles. The molecule has 1 atom stereocenters. The number of ether oxygens (including phenoxy) is 1. The van der Waals surface area contributed by atoms with E-state index in [0.29, 0.717) is 26.0 Å². The normalized spacial score (nSPS) is 16.5. The minimum absolute atomic E-state index is 0.00890. The van der Waals surface area contributed by atoms with Gasteiger partial charge < -0.3 is 15.0 Å². The van der Waals surface area contributed by atoms with Crippen LogP contribution in [0.3, 0.4) is 0 Å². The fourth-order valence-electron chi connectivity index (χ4n) is 3.59. The smallest absolute Gasteiger partial charge is 0.229 e. The van der Waals surface area contributed by atoms with Gasteiger partial charge in [0.05, 0.1) is 12.5 Å². The summed E-state index contributed by atoms with van der Waals surface area (Å²) in [6.45, 7) is 3.78. The number of nitrogens with one attached hydrogen (secondary N) is 1. The topological polar surface area (TPSA) is 58.6 Å². The van der Waals surface area contributed by atoms with E-state index in [4.69, 9.17) is 4.74 Å². The molecule has 0 spiro atoms. The first-order valence-corrected chi connectivity index (χ1v) is 10.0. The predicted molar refractivity (Wildman–Crippen MR) is 110 cm³/mol. The molecule has 1 fully saturated rings. The maximum atomic E-state index is 12.7. The van der Waals surface area contributed by atoms with Gasteiger partial charge in [-0.25, -0.2) is 0 Å². The van der Waals surface area contributed by atoms with Gasteiger partial charge >= 0.3 is 0 Å². The number of anilines is 1. The van der Waals surface area contributed by atoms with Crippen LogP contribution >= 0.6 is 0 Å². The van der Waals surface area contributed by atoms with E-state index < -0.39 is 0 Å². The van der Waals surface area contributed by atoms with E-state index in [9.17, 15) is 9.59 Å². The Morgan fingerprint density at radius 1 is 1.11 bits per heavy atom. The summed E-state index contributed by atoms with van der Waals surface area (Å²) in [4.78, 5) is 27.1. The van der Waals surface area contributed by atoms with Gasteiger partial charge in [0, 0.05) is 25.2 Å². The van der Waals surface area contributed by atoms with E-state index in [1.807, 2.05) is 66.4 Å². The lowest BCUT2D eigenvalue weighted by Crippen LogP contribution is -2.43. The number of carbonyl (C=O) groups excluding carboxylic acids is 2. The van der Waals surface area contributed by atoms with Crippen molar-refractivity contribution >= 4 is 17.5 Å². The van der Waals surface area contributed by atoms with Gasteiger partial charge in [0.1, 0.15) is 5.75 Å². The van der Waals surface area contributed by atoms with E-state index in [1.54, 1.807) is 0 Å². The van der Waals surface area contributed by atoms with E-state index in [2.05, 4.69) is 5.32 Å². The monoisotopic (exact) mass is 380 g/mol. The number of amides is 2. The van der Waals surface area contributed by atoms with Gasteiger partial charge in [-0.05, 0) is 49.9 Å². The van der Waals surface area contributed by atoms with Crippen molar-refractivity contribution in [2.45, 2.75) is 32.6 Å². The number of carbonyl (C=O) groups is 2. The van der Waals surface area contributed by atoms with Crippen LogP contribution < -0.4 is 10.1 Å². The van der Waals surface area contributed by atoms with Crippen molar-refractivity contribution < 1.29 is 14.3 Å². The molecule has 1 unspecified atom stereocenters. The van der Waals surface area contributed by atoms with Crippen LogP contribution in [0.15, 0.2) is 54.6 Å². The maximum absolute atomic E-state index is 12.7. The Morgan fingerprint density at radius 2 is 1.86 bits per heavy atom. The Labute approximate surface area is 166 Å². The van der Waals surface area contributed by atoms with Crippen LogP contribution in [-0.2, 0) is 16.0 Å². The van der Waals surface area contributed by atoms with Crippen molar-refractivity contribution in [1.82, 2.24) is 4.90 Å². The number of aryl methyl sites for hydroxylation is 1. The molecule has 1 saturated heterocycles. The number of hydrogen-bond donors (Lipinski definition) is 1. The number of benzene rings is 2. The van der Waals surface area contributed by atoms with Crippen LogP contribution in [0.2, 0.25) is 0 Å². The van der Waals surface area contributed by atoms with Crippen LogP contribution in [0, 0.1) is 5.92 Å². The molecule has 0 radical (unpaired) electrons. The number of likely N-dealkylation sites (tertiary alicyclic amines) is 1. The van der Waals surface area contributed by atoms with Gasteiger partial charge in [0.25, 0.3) is 0 Å². The highest BCUT2D eigenvalue weighted by molar-refractivity contribution is 5.93. The molecule has 1 aliphatic heterocycles. The van der Waals surface area contributed by atoms with Crippen molar-refractivity contribution in [3.05, 3.63) is 60.2 Å². The molecule has 0 bridgehead atoms. The third-order valence-electron chi connectivity index (χ3n) is 5.07. The maximum Gasteiger partial charge on any atom is 0.229 e. The van der Waals surface area contributed by atoms with E-state index in [1.165, 1.54) is 0 Å². The van der Waals surface area contributed by atoms with Gasteiger partial charge in [-0.3, -0.25) is 9.59 Å². The van der Waals surface area contributed by atoms with Crippen LogP contribution in [-0.4, -0.2) is 36.4 Å². The summed E-state index contributed by atoms with van der Waals surface area (Å²) in [5, 5.41) is 2.96. The molecular weight excluding hydrogens is 352 g/mol. The number of nitrogens with zero attached hydrogens (tertiary/aromatic N) is 1. The van der Waals surface area contributed by atoms with E-state index >= 15 is 0 Å². The van der Waals surface area contributed by atoms with Crippen molar-refractivity contribution in [2.24, 2.45) is 5.92 Å². The molecule has 0 saturated carbocycles. The van der Waals surface area contributed by atoms with Crippen molar-refractivity contribution in [2.75, 3.05) is 25.0 Å². The molecule has 2 aromatic rings. The molecular formula is C23H28N2O3. The fourth-order valence-corrected chi connectivity index (χ4v) is 3.59. The first-order chi connectivity index (χ1) is 13.7. The molecule has 0 aliphatic carbocycles. The molecule has 1 aliphatic rings. The Bertz CT molecular complexity index is 791. The Morgan fingerprint density at radius 3 is 2.64 bits per heavy atom. The second-order valence-corrected chi connectivity index (χ2v) is 7.07. The van der Waals surface area contributed by atoms with Crippen molar-refractivity contribution in [1.29, 1.82) is 0 Å². The summed E-state index contributed by atoms with van der Waals surface area (Å²) in [7, 11) is 0. The lowest BCUT2D eigenvalue weighted by Gasteiger charge is -2.32. The minimum Gasteiger partial charge on any atom is -0.494 e. The van der Waals surface area contributed by atoms with E-state index in [-0.39, 0.29) is 17.7 Å². The predicted octanol–water partition coefficient (Wildman–Crippen LogP) is 3.90. The summed E-state index contributed by atoms with van der Waals surface area (Å²) in [6, 6.07) is 17.3. The van der Waals surface area contributed by atoms with Gasteiger partial charge in [0.15, 0.2) is 0 Å². The minimum atomic E-state index is -0.159. The second-order valence-electron chi connectivity index (χ2n) is 7.07. The van der Waals surface area contributed by atoms with Crippen molar-refractivity contribution in [3.63, 3.8) is 0 Å². The summed E-state index contributed by atoms with van der Waals surface area (Å²) >= 11 is 0. The zero-order valence-electron chi connectivity index (χ0n) is 16.4. The zero-order valence-corrected chi connectivity index (χ0v) is 16.4. The third kappa shape index (κ3) is 5.35. The lowest BCUT2D eigenvalue weighted by atomic mass is 9.96. The highest BCUT2D eigenvalue weighted by Crippen LogP contribution is 2.22. The van der Waals surface area contributed by atoms with Gasteiger partial charge in [0.2, 0.25) is 11.8 Å². The number of piperidine rings is 1. The first kappa shape index (κ1) is 19.9. The van der Waals surface area contributed by atoms with Gasteiger partial charge in [-0.2, -0.15) is 0 Å². The molecule has 5 nitrogen and oxygen atoms in total. The zero-order chi connectivity index (χ0) is 19.8. The molecule has 2 amide bonds. The average molecular weight is 380 g/mol. The average Bonchev–Trinajstić information content (AvgIpc) is 2.74. The van der Waals surface area contributed by atoms with Crippen LogP contribution in [0.1, 0.15) is 31.7 Å². The fraction of sp³-hybridized carbons (Fsp3) is 0.391. The number of para-hydroxylation sites is 2. The third-order valence-corrected chi connectivity index (χ3v) is 5.07. The number of hydrogen-bond acceptors (Lipinski definition) is 3. The molecule has 1 N–H and O–H groups in total. The van der Waals surface area contributed by atoms with Crippen molar-refractivity contribution in [3.8, 4) is 5.75 Å². The first-order valence-electron chi connectivity index (χ1n) is 10.0. The van der Waals surface area contributed by atoms with E-state index in [0.717, 1.165) is 36.4 Å². The summed E-state index contributed by atoms with van der Waals surface area (Å²) < 4.78 is 5.64. The molecule has 1 heterocycles. The van der Waals surface area contributed by atoms with Crippen LogP contribution in [0.25, 0.3) is 0 Å². The molecule has 5 heteroatoms. The lowest BCUT2D eigenvalue weighted by molar-refractivity contribution is -0.134. The van der Waals surface area contributed by atoms with Gasteiger partial charge in [-0.1, -0.05) is 36.4 Å². The summed E-state index contributed by atoms with van der Waals surface area (Å²) in [6.07, 6.45) is 2.74. The second kappa shape index (κ2) is 9.93. The summed E-state index contributed by atoms with van der Waals surface area (Å²) in [5.74, 6) is 0.777. The standard InChI is InChI=1S/C23H28N2O3/c1-2-28-21-13-7-6-9-18(21)14-15-22(26)25-16-8-10-19(17-25)23(27)24-20-11-4-3-5-12-20/h3-7,9,11-13,19H,2,8,10,14-17H2,1H3,(H,24,27). The SMILES string of the molecule is CCOc1ccccc1CCC(=O)N1CCCC(C(=O)Nc2ccccc2)C1. The highest BCUT2D eigenvalue weighted by Gasteiger charge is 2.28. The molecule has 148 valence electrons. The Kier molecular flexibility index (Phi) is 7.06. The quantitative estimate of drug-likeness (QED) is 0.793. The number of rotatable bonds is 7. The largest absolute Gasteiger partial charge is 0.494 e. The molecule has 28 heavy (non-hydrogen) atoms. The highest BCUT2D eigenvalue weighted by atomic mass is 16.5. The summed E-state index contributed by atoms with van der Waals surface area (Å²) in [5.41, 5.74) is 1.84. The molecule has 0 aromatic heterocycles. The van der Waals surface area contributed by atoms with Crippen LogP contribution in [0.5, 0.6) is 5.75 Å².